The van der Waals surface area contributed by atoms with Crippen LogP contribution < -0.4 is 5.32 Å². The van der Waals surface area contributed by atoms with Gasteiger partial charge < -0.3 is 10.4 Å². The van der Waals surface area contributed by atoms with Crippen molar-refractivity contribution in [2.45, 2.75) is 0 Å². The molecule has 1 rings (SSSR count). The highest BCUT2D eigenvalue weighted by Gasteiger charge is 2.06. The summed E-state index contributed by atoms with van der Waals surface area (Å²) in [4.78, 5) is 17.7. The number of aliphatic carboxylic acids is 1. The van der Waals surface area contributed by atoms with Crippen LogP contribution in [0.5, 0.6) is 0 Å². The van der Waals surface area contributed by atoms with E-state index in [0.717, 1.165) is 0 Å². The number of carboxylic acid groups (broad SMARTS) is 1. The standard InChI is InChI=1S/C7H6ClN3O2/c1-4(7(12)13)11-5-2-9-3-10-6(5)8/h2-3,11H,1H2,(H,12,13). The third-order valence-corrected chi connectivity index (χ3v) is 1.51. The molecule has 0 saturated carbocycles. The van der Waals surface area contributed by atoms with Gasteiger partial charge >= 0.3 is 5.97 Å². The van der Waals surface area contributed by atoms with E-state index in [4.69, 9.17) is 16.7 Å². The summed E-state index contributed by atoms with van der Waals surface area (Å²) in [7, 11) is 0. The second kappa shape index (κ2) is 3.86. The molecular formula is C7H6ClN3O2. The van der Waals surface area contributed by atoms with Gasteiger partial charge in [0.15, 0.2) is 5.15 Å². The fourth-order valence-corrected chi connectivity index (χ4v) is 0.754. The van der Waals surface area contributed by atoms with Gasteiger partial charge in [0, 0.05) is 0 Å². The van der Waals surface area contributed by atoms with Gasteiger partial charge in [-0.1, -0.05) is 18.2 Å². The highest BCUT2D eigenvalue weighted by molar-refractivity contribution is 6.32. The van der Waals surface area contributed by atoms with Crippen molar-refractivity contribution in [3.8, 4) is 0 Å². The molecule has 0 unspecified atom stereocenters. The highest BCUT2D eigenvalue weighted by Crippen LogP contribution is 2.17. The summed E-state index contributed by atoms with van der Waals surface area (Å²) < 4.78 is 0. The van der Waals surface area contributed by atoms with E-state index in [2.05, 4.69) is 21.9 Å². The van der Waals surface area contributed by atoms with Gasteiger partial charge in [-0.15, -0.1) is 0 Å². The lowest BCUT2D eigenvalue weighted by Crippen LogP contribution is -2.09. The Bertz CT molecular complexity index is 353. The molecule has 0 aliphatic heterocycles. The van der Waals surface area contributed by atoms with Gasteiger partial charge in [-0.3, -0.25) is 0 Å². The van der Waals surface area contributed by atoms with Gasteiger partial charge in [0.1, 0.15) is 12.0 Å². The number of hydrogen-bond donors (Lipinski definition) is 2. The maximum absolute atomic E-state index is 10.4. The van der Waals surface area contributed by atoms with Gasteiger partial charge in [0.05, 0.1) is 11.9 Å². The van der Waals surface area contributed by atoms with Crippen LogP contribution in [0, 0.1) is 0 Å². The molecule has 6 heteroatoms. The van der Waals surface area contributed by atoms with Crippen molar-refractivity contribution in [1.82, 2.24) is 9.97 Å². The Labute approximate surface area is 79.1 Å². The Hall–Kier alpha value is -1.62. The summed E-state index contributed by atoms with van der Waals surface area (Å²) in [6, 6.07) is 0. The smallest absolute Gasteiger partial charge is 0.351 e. The van der Waals surface area contributed by atoms with Crippen LogP contribution in [0.1, 0.15) is 0 Å². The lowest BCUT2D eigenvalue weighted by molar-refractivity contribution is -0.132. The second-order valence-corrected chi connectivity index (χ2v) is 2.49. The van der Waals surface area contributed by atoms with Crippen LogP contribution in [0.15, 0.2) is 24.8 Å². The molecule has 0 aliphatic carbocycles. The Morgan fingerprint density at radius 1 is 1.69 bits per heavy atom. The number of hydrogen-bond acceptors (Lipinski definition) is 4. The summed E-state index contributed by atoms with van der Waals surface area (Å²) in [6.07, 6.45) is 2.63. The SMILES string of the molecule is C=C(Nc1cncnc1Cl)C(=O)O. The fourth-order valence-electron chi connectivity index (χ4n) is 0.615. The molecule has 0 saturated heterocycles. The zero-order valence-electron chi connectivity index (χ0n) is 6.49. The summed E-state index contributed by atoms with van der Waals surface area (Å²) >= 11 is 5.63. The molecule has 0 bridgehead atoms. The monoisotopic (exact) mass is 199 g/mol. The Balaban J connectivity index is 2.81. The predicted octanol–water partition coefficient (Wildman–Crippen LogP) is 1.14. The van der Waals surface area contributed by atoms with Gasteiger partial charge in [-0.25, -0.2) is 14.8 Å². The van der Waals surface area contributed by atoms with E-state index in [0.29, 0.717) is 5.69 Å². The zero-order valence-corrected chi connectivity index (χ0v) is 7.25. The number of nitrogens with one attached hydrogen (secondary N) is 1. The topological polar surface area (TPSA) is 75.1 Å². The first-order valence-electron chi connectivity index (χ1n) is 3.26. The zero-order chi connectivity index (χ0) is 9.84. The van der Waals surface area contributed by atoms with Crippen LogP contribution in [0.3, 0.4) is 0 Å². The van der Waals surface area contributed by atoms with Crippen molar-refractivity contribution < 1.29 is 9.90 Å². The van der Waals surface area contributed by atoms with Crippen molar-refractivity contribution in [2.24, 2.45) is 0 Å². The average Bonchev–Trinajstić information content (AvgIpc) is 2.08. The van der Waals surface area contributed by atoms with Gasteiger partial charge in [0.25, 0.3) is 0 Å². The fraction of sp³-hybridized carbons (Fsp3) is 0. The van der Waals surface area contributed by atoms with Crippen molar-refractivity contribution in [1.29, 1.82) is 0 Å². The van der Waals surface area contributed by atoms with Gasteiger partial charge in [0.2, 0.25) is 0 Å². The molecule has 0 atom stereocenters. The largest absolute Gasteiger partial charge is 0.477 e. The second-order valence-electron chi connectivity index (χ2n) is 2.14. The van der Waals surface area contributed by atoms with Gasteiger partial charge in [-0.05, 0) is 0 Å². The summed E-state index contributed by atoms with van der Waals surface area (Å²) in [5.74, 6) is -1.15. The minimum absolute atomic E-state index is 0.150. The molecule has 0 fully saturated rings. The average molecular weight is 200 g/mol. The number of anilines is 1. The molecule has 1 aromatic rings. The quantitative estimate of drug-likeness (QED) is 0.564. The minimum Gasteiger partial charge on any atom is -0.477 e. The highest BCUT2D eigenvalue weighted by atomic mass is 35.5. The molecule has 2 N–H and O–H groups in total. The van der Waals surface area contributed by atoms with E-state index >= 15 is 0 Å². The van der Waals surface area contributed by atoms with E-state index in [1.165, 1.54) is 12.5 Å². The predicted molar refractivity (Wildman–Crippen MR) is 47.4 cm³/mol. The molecule has 1 heterocycles. The summed E-state index contributed by atoms with van der Waals surface area (Å²) in [5, 5.41) is 11.1. The number of carboxylic acids is 1. The maximum atomic E-state index is 10.4. The van der Waals surface area contributed by atoms with E-state index in [9.17, 15) is 4.79 Å². The molecular weight excluding hydrogens is 194 g/mol. The van der Waals surface area contributed by atoms with E-state index < -0.39 is 5.97 Å². The summed E-state index contributed by atoms with van der Waals surface area (Å²) in [6.45, 7) is 3.27. The van der Waals surface area contributed by atoms with Gasteiger partial charge in [-0.2, -0.15) is 0 Å². The Morgan fingerprint density at radius 2 is 2.38 bits per heavy atom. The molecule has 5 nitrogen and oxygen atoms in total. The number of nitrogens with zero attached hydrogens (tertiary/aromatic N) is 2. The number of carbonyl (C=O) groups is 1. The first kappa shape index (κ1) is 9.47. The molecule has 1 aromatic heterocycles. The molecule has 68 valence electrons. The number of halogens is 1. The third kappa shape index (κ3) is 2.41. The minimum atomic E-state index is -1.15. The van der Waals surface area contributed by atoms with Crippen molar-refractivity contribution in [3.05, 3.63) is 30.0 Å². The normalized spacial score (nSPS) is 9.31. The maximum Gasteiger partial charge on any atom is 0.351 e. The van der Waals surface area contributed by atoms with Crippen LogP contribution >= 0.6 is 11.6 Å². The first-order chi connectivity index (χ1) is 6.11. The molecule has 13 heavy (non-hydrogen) atoms. The Kier molecular flexibility index (Phi) is 2.81. The number of rotatable bonds is 3. The molecule has 0 amide bonds. The van der Waals surface area contributed by atoms with Crippen LogP contribution in [-0.4, -0.2) is 21.0 Å². The lowest BCUT2D eigenvalue weighted by atomic mass is 10.4. The third-order valence-electron chi connectivity index (χ3n) is 1.21. The van der Waals surface area contributed by atoms with Crippen LogP contribution in [0.4, 0.5) is 5.69 Å². The van der Waals surface area contributed by atoms with E-state index in [1.54, 1.807) is 0 Å². The molecule has 0 radical (unpaired) electrons. The van der Waals surface area contributed by atoms with E-state index in [-0.39, 0.29) is 10.9 Å². The molecule has 0 aromatic carbocycles. The van der Waals surface area contributed by atoms with Crippen molar-refractivity contribution in [3.63, 3.8) is 0 Å². The van der Waals surface area contributed by atoms with Crippen LogP contribution in [0.25, 0.3) is 0 Å². The Morgan fingerprint density at radius 3 is 2.92 bits per heavy atom. The van der Waals surface area contributed by atoms with Crippen LogP contribution in [-0.2, 0) is 4.79 Å². The lowest BCUT2D eigenvalue weighted by Gasteiger charge is -2.04. The molecule has 0 spiro atoms. The molecule has 0 aliphatic rings. The first-order valence-corrected chi connectivity index (χ1v) is 3.64. The summed E-state index contributed by atoms with van der Waals surface area (Å²) in [5.41, 5.74) is 0.133. The van der Waals surface area contributed by atoms with Crippen molar-refractivity contribution in [2.75, 3.05) is 5.32 Å². The van der Waals surface area contributed by atoms with E-state index in [1.807, 2.05) is 0 Å². The van der Waals surface area contributed by atoms with Crippen molar-refractivity contribution >= 4 is 23.3 Å². The van der Waals surface area contributed by atoms with Crippen LogP contribution in [0.2, 0.25) is 5.15 Å². The number of aromatic nitrogens is 2.